The van der Waals surface area contributed by atoms with Crippen LogP contribution < -0.4 is 10.2 Å². The van der Waals surface area contributed by atoms with E-state index in [-0.39, 0.29) is 11.2 Å². The lowest BCUT2D eigenvalue weighted by molar-refractivity contribution is 0.381. The van der Waals surface area contributed by atoms with Crippen LogP contribution in [-0.2, 0) is 5.75 Å². The first-order valence-electron chi connectivity index (χ1n) is 9.29. The summed E-state index contributed by atoms with van der Waals surface area (Å²) in [5.41, 5.74) is 4.06. The number of benzene rings is 1. The number of aryl methyl sites for hydroxylation is 2. The lowest BCUT2D eigenvalue weighted by Gasteiger charge is -2.12. The molecule has 3 aromatic heterocycles. The van der Waals surface area contributed by atoms with Crippen molar-refractivity contribution < 1.29 is 9.15 Å². The Morgan fingerprint density at radius 3 is 2.57 bits per heavy atom. The van der Waals surface area contributed by atoms with Crippen molar-refractivity contribution in [2.45, 2.75) is 24.8 Å². The van der Waals surface area contributed by atoms with Gasteiger partial charge in [0.2, 0.25) is 11.2 Å². The molecule has 1 aromatic carbocycles. The van der Waals surface area contributed by atoms with E-state index in [1.807, 2.05) is 22.8 Å². The summed E-state index contributed by atoms with van der Waals surface area (Å²) in [6.45, 7) is 4.16. The van der Waals surface area contributed by atoms with E-state index in [0.29, 0.717) is 16.7 Å². The van der Waals surface area contributed by atoms with Crippen LogP contribution >= 0.6 is 11.8 Å². The number of nitrogens with zero attached hydrogens (tertiary/aromatic N) is 4. The Morgan fingerprint density at radius 1 is 1.07 bits per heavy atom. The predicted octanol–water partition coefficient (Wildman–Crippen LogP) is 4.20. The fourth-order valence-corrected chi connectivity index (χ4v) is 3.79. The highest BCUT2D eigenvalue weighted by Gasteiger charge is 2.17. The Morgan fingerprint density at radius 2 is 1.87 bits per heavy atom. The van der Waals surface area contributed by atoms with Crippen molar-refractivity contribution >= 4 is 11.8 Å². The summed E-state index contributed by atoms with van der Waals surface area (Å²) in [5.74, 6) is 1.87. The Hall–Kier alpha value is -3.39. The van der Waals surface area contributed by atoms with Crippen LogP contribution in [0.3, 0.4) is 0 Å². The van der Waals surface area contributed by atoms with Crippen molar-refractivity contribution in [3.05, 3.63) is 82.2 Å². The van der Waals surface area contributed by atoms with E-state index >= 15 is 0 Å². The third kappa shape index (κ3) is 3.99. The number of methoxy groups -OCH3 is 1. The molecule has 0 saturated heterocycles. The monoisotopic (exact) mass is 420 g/mol. The SMILES string of the molecule is COc1coc(CSc2nnc(-c3ccncc3)n2-c2ccc(C)c(C)c2)cc1=O. The molecule has 0 saturated carbocycles. The lowest BCUT2D eigenvalue weighted by atomic mass is 10.1. The zero-order valence-corrected chi connectivity index (χ0v) is 17.6. The predicted molar refractivity (Wildman–Crippen MR) is 115 cm³/mol. The Bertz CT molecular complexity index is 1230. The van der Waals surface area contributed by atoms with Crippen molar-refractivity contribution in [1.29, 1.82) is 0 Å². The Labute approximate surface area is 177 Å². The molecule has 8 heteroatoms. The third-order valence-corrected chi connectivity index (χ3v) is 5.69. The quantitative estimate of drug-likeness (QED) is 0.432. The van der Waals surface area contributed by atoms with Crippen LogP contribution in [0, 0.1) is 13.8 Å². The molecule has 7 nitrogen and oxygen atoms in total. The molecule has 4 aromatic rings. The number of rotatable bonds is 6. The second-order valence-corrected chi connectivity index (χ2v) is 7.66. The number of pyridine rings is 1. The maximum Gasteiger partial charge on any atom is 0.227 e. The molecule has 0 unspecified atom stereocenters. The molecule has 3 heterocycles. The molecule has 0 bridgehead atoms. The standard InChI is InChI=1S/C22H20N4O3S/c1-14-4-5-17(10-15(14)2)26-21(16-6-8-23-9-7-16)24-25-22(26)30-13-18-11-19(27)20(28-3)12-29-18/h4-12H,13H2,1-3H3. The third-order valence-electron chi connectivity index (χ3n) is 4.74. The maximum atomic E-state index is 12.0. The number of hydrogen-bond donors (Lipinski definition) is 0. The number of hydrogen-bond acceptors (Lipinski definition) is 7. The molecule has 152 valence electrons. The van der Waals surface area contributed by atoms with E-state index in [0.717, 1.165) is 17.1 Å². The van der Waals surface area contributed by atoms with E-state index in [1.165, 1.54) is 42.3 Å². The first kappa shape index (κ1) is 19.9. The normalized spacial score (nSPS) is 10.9. The van der Waals surface area contributed by atoms with Crippen molar-refractivity contribution in [1.82, 2.24) is 19.7 Å². The van der Waals surface area contributed by atoms with Crippen LogP contribution in [-0.4, -0.2) is 26.9 Å². The first-order valence-corrected chi connectivity index (χ1v) is 10.3. The fraction of sp³-hybridized carbons (Fsp3) is 0.182. The van der Waals surface area contributed by atoms with Gasteiger partial charge in [-0.2, -0.15) is 0 Å². The van der Waals surface area contributed by atoms with Gasteiger partial charge in [-0.15, -0.1) is 10.2 Å². The minimum atomic E-state index is -0.215. The van der Waals surface area contributed by atoms with Crippen LogP contribution in [0.2, 0.25) is 0 Å². The van der Waals surface area contributed by atoms with E-state index in [4.69, 9.17) is 9.15 Å². The Kier molecular flexibility index (Phi) is 5.67. The summed E-state index contributed by atoms with van der Waals surface area (Å²) in [6.07, 6.45) is 4.79. The van der Waals surface area contributed by atoms with Gasteiger partial charge in [0.1, 0.15) is 12.0 Å². The minimum Gasteiger partial charge on any atom is -0.490 e. The molecular formula is C22H20N4O3S. The average molecular weight is 420 g/mol. The van der Waals surface area contributed by atoms with Crippen LogP contribution in [0.25, 0.3) is 17.1 Å². The van der Waals surface area contributed by atoms with E-state index < -0.39 is 0 Å². The smallest absolute Gasteiger partial charge is 0.227 e. The van der Waals surface area contributed by atoms with Crippen LogP contribution in [0.1, 0.15) is 16.9 Å². The van der Waals surface area contributed by atoms with Crippen LogP contribution in [0.5, 0.6) is 5.75 Å². The summed E-state index contributed by atoms with van der Waals surface area (Å²) in [4.78, 5) is 16.1. The van der Waals surface area contributed by atoms with Gasteiger partial charge in [-0.25, -0.2) is 0 Å². The van der Waals surface area contributed by atoms with Gasteiger partial charge in [0.25, 0.3) is 0 Å². The molecule has 0 spiro atoms. The zero-order chi connectivity index (χ0) is 21.1. The van der Waals surface area contributed by atoms with Crippen molar-refractivity contribution in [3.8, 4) is 22.8 Å². The van der Waals surface area contributed by atoms with Crippen molar-refractivity contribution in [2.75, 3.05) is 7.11 Å². The molecule has 0 aliphatic rings. The molecule has 30 heavy (non-hydrogen) atoms. The topological polar surface area (TPSA) is 83.0 Å². The molecule has 0 radical (unpaired) electrons. The molecule has 0 fully saturated rings. The second kappa shape index (κ2) is 8.54. The van der Waals surface area contributed by atoms with Gasteiger partial charge in [0.05, 0.1) is 18.6 Å². The molecule has 4 rings (SSSR count). The summed E-state index contributed by atoms with van der Waals surface area (Å²) in [6, 6.07) is 11.5. The van der Waals surface area contributed by atoms with E-state index in [1.54, 1.807) is 12.4 Å². The zero-order valence-electron chi connectivity index (χ0n) is 16.8. The average Bonchev–Trinajstić information content (AvgIpc) is 3.19. The lowest BCUT2D eigenvalue weighted by Crippen LogP contribution is -2.05. The minimum absolute atomic E-state index is 0.182. The molecule has 0 atom stereocenters. The molecular weight excluding hydrogens is 400 g/mol. The Balaban J connectivity index is 1.72. The number of thioether (sulfide) groups is 1. The maximum absolute atomic E-state index is 12.0. The molecule has 0 aliphatic heterocycles. The fourth-order valence-electron chi connectivity index (χ4n) is 2.95. The summed E-state index contributed by atoms with van der Waals surface area (Å²) < 4.78 is 12.5. The van der Waals surface area contributed by atoms with Gasteiger partial charge < -0.3 is 9.15 Å². The highest BCUT2D eigenvalue weighted by molar-refractivity contribution is 7.98. The van der Waals surface area contributed by atoms with Gasteiger partial charge in [-0.05, 0) is 49.2 Å². The summed E-state index contributed by atoms with van der Waals surface area (Å²) >= 11 is 1.44. The highest BCUT2D eigenvalue weighted by atomic mass is 32.2. The van der Waals surface area contributed by atoms with Crippen LogP contribution in [0.15, 0.2) is 69.4 Å². The first-order chi connectivity index (χ1) is 14.6. The van der Waals surface area contributed by atoms with Crippen LogP contribution in [0.4, 0.5) is 0 Å². The second-order valence-electron chi connectivity index (χ2n) is 6.71. The van der Waals surface area contributed by atoms with Crippen molar-refractivity contribution in [3.63, 3.8) is 0 Å². The van der Waals surface area contributed by atoms with Gasteiger partial charge in [0, 0.05) is 24.0 Å². The van der Waals surface area contributed by atoms with E-state index in [9.17, 15) is 4.79 Å². The molecule has 0 N–H and O–H groups in total. The highest BCUT2D eigenvalue weighted by Crippen LogP contribution is 2.30. The van der Waals surface area contributed by atoms with E-state index in [2.05, 4.69) is 41.2 Å². The van der Waals surface area contributed by atoms with Crippen molar-refractivity contribution in [2.24, 2.45) is 0 Å². The van der Waals surface area contributed by atoms with Gasteiger partial charge in [-0.1, -0.05) is 17.8 Å². The van der Waals surface area contributed by atoms with Gasteiger partial charge >= 0.3 is 0 Å². The van der Waals surface area contributed by atoms with Gasteiger partial charge in [-0.3, -0.25) is 14.3 Å². The number of ether oxygens (including phenoxy) is 1. The molecule has 0 aliphatic carbocycles. The molecule has 0 amide bonds. The summed E-state index contributed by atoms with van der Waals surface area (Å²) in [5, 5.41) is 9.53. The summed E-state index contributed by atoms with van der Waals surface area (Å²) in [7, 11) is 1.44. The largest absolute Gasteiger partial charge is 0.490 e. The number of aromatic nitrogens is 4. The van der Waals surface area contributed by atoms with Gasteiger partial charge in [0.15, 0.2) is 11.0 Å².